The van der Waals surface area contributed by atoms with Gasteiger partial charge in [0.05, 0.1) is 0 Å². The van der Waals surface area contributed by atoms with Gasteiger partial charge in [-0.1, -0.05) is 6.07 Å². The second-order valence-corrected chi connectivity index (χ2v) is 5.64. The zero-order chi connectivity index (χ0) is 17.4. The molecule has 0 radical (unpaired) electrons. The fourth-order valence-corrected chi connectivity index (χ4v) is 2.49. The number of benzene rings is 1. The Morgan fingerprint density at radius 2 is 2.12 bits per heavy atom. The van der Waals surface area contributed by atoms with Crippen LogP contribution in [0.3, 0.4) is 0 Å². The SMILES string of the molecule is O=C(O)CCCCNC(=O)COc1cccc(N2CCCC2=O)c1. The van der Waals surface area contributed by atoms with Crippen molar-refractivity contribution < 1.29 is 24.2 Å². The average Bonchev–Trinajstić information content (AvgIpc) is 2.99. The molecule has 2 N–H and O–H groups in total. The zero-order valence-corrected chi connectivity index (χ0v) is 13.5. The van der Waals surface area contributed by atoms with E-state index in [1.807, 2.05) is 6.07 Å². The normalized spacial score (nSPS) is 13.8. The molecule has 0 unspecified atom stereocenters. The first-order chi connectivity index (χ1) is 11.6. The Hall–Kier alpha value is -2.57. The van der Waals surface area contributed by atoms with E-state index in [4.69, 9.17) is 9.84 Å². The lowest BCUT2D eigenvalue weighted by atomic mass is 10.2. The van der Waals surface area contributed by atoms with Crippen LogP contribution in [-0.4, -0.2) is 42.6 Å². The van der Waals surface area contributed by atoms with Gasteiger partial charge in [-0.05, 0) is 31.4 Å². The van der Waals surface area contributed by atoms with Crippen LogP contribution in [0.25, 0.3) is 0 Å². The lowest BCUT2D eigenvalue weighted by Gasteiger charge is -2.16. The van der Waals surface area contributed by atoms with Crippen LogP contribution in [0, 0.1) is 0 Å². The number of nitrogens with one attached hydrogen (secondary N) is 1. The van der Waals surface area contributed by atoms with Crippen LogP contribution in [-0.2, 0) is 14.4 Å². The summed E-state index contributed by atoms with van der Waals surface area (Å²) < 4.78 is 5.45. The highest BCUT2D eigenvalue weighted by Crippen LogP contribution is 2.25. The van der Waals surface area contributed by atoms with Crippen molar-refractivity contribution in [1.29, 1.82) is 0 Å². The van der Waals surface area contributed by atoms with Gasteiger partial charge in [-0.25, -0.2) is 0 Å². The van der Waals surface area contributed by atoms with Crippen LogP contribution in [0.5, 0.6) is 5.75 Å². The van der Waals surface area contributed by atoms with Crippen molar-refractivity contribution in [2.45, 2.75) is 32.1 Å². The van der Waals surface area contributed by atoms with Gasteiger partial charge >= 0.3 is 5.97 Å². The minimum absolute atomic E-state index is 0.103. The summed E-state index contributed by atoms with van der Waals surface area (Å²) in [6.45, 7) is 1.02. The standard InChI is InChI=1S/C17H22N2O5/c20-15(18-9-2-1-8-17(22)23)12-24-14-6-3-5-13(11-14)19-10-4-7-16(19)21/h3,5-6,11H,1-2,4,7-10,12H2,(H,18,20)(H,22,23). The molecule has 0 aromatic heterocycles. The Bertz CT molecular complexity index is 602. The van der Waals surface area contributed by atoms with Gasteiger partial charge in [0.15, 0.2) is 6.61 Å². The minimum atomic E-state index is -0.832. The largest absolute Gasteiger partial charge is 0.484 e. The molecule has 0 atom stereocenters. The van der Waals surface area contributed by atoms with E-state index in [2.05, 4.69) is 5.32 Å². The molecule has 7 heteroatoms. The number of hydrogen-bond acceptors (Lipinski definition) is 4. The maximum atomic E-state index is 11.7. The van der Waals surface area contributed by atoms with Gasteiger partial charge in [-0.15, -0.1) is 0 Å². The van der Waals surface area contributed by atoms with E-state index in [9.17, 15) is 14.4 Å². The minimum Gasteiger partial charge on any atom is -0.484 e. The molecule has 1 saturated heterocycles. The molecule has 130 valence electrons. The fraction of sp³-hybridized carbons (Fsp3) is 0.471. The number of carbonyl (C=O) groups is 3. The second kappa shape index (κ2) is 8.90. The lowest BCUT2D eigenvalue weighted by molar-refractivity contribution is -0.137. The van der Waals surface area contributed by atoms with Gasteiger partial charge in [0, 0.05) is 37.7 Å². The molecule has 7 nitrogen and oxygen atoms in total. The number of ether oxygens (including phenoxy) is 1. The monoisotopic (exact) mass is 334 g/mol. The fourth-order valence-electron chi connectivity index (χ4n) is 2.49. The van der Waals surface area contributed by atoms with Gasteiger partial charge in [0.2, 0.25) is 5.91 Å². The Morgan fingerprint density at radius 3 is 2.83 bits per heavy atom. The van der Waals surface area contributed by atoms with E-state index in [1.165, 1.54) is 0 Å². The number of nitrogens with zero attached hydrogens (tertiary/aromatic N) is 1. The van der Waals surface area contributed by atoms with Crippen LogP contribution < -0.4 is 15.0 Å². The Labute approximate surface area is 140 Å². The zero-order valence-electron chi connectivity index (χ0n) is 13.5. The van der Waals surface area contributed by atoms with Crippen LogP contribution in [0.15, 0.2) is 24.3 Å². The van der Waals surface area contributed by atoms with Gasteiger partial charge in [-0.3, -0.25) is 14.4 Å². The third kappa shape index (κ3) is 5.57. The highest BCUT2D eigenvalue weighted by molar-refractivity contribution is 5.95. The number of amides is 2. The predicted molar refractivity (Wildman–Crippen MR) is 88.0 cm³/mol. The summed E-state index contributed by atoms with van der Waals surface area (Å²) in [5.41, 5.74) is 0.782. The maximum Gasteiger partial charge on any atom is 0.303 e. The van der Waals surface area contributed by atoms with Crippen LogP contribution in [0.1, 0.15) is 32.1 Å². The predicted octanol–water partition coefficient (Wildman–Crippen LogP) is 1.56. The molecule has 24 heavy (non-hydrogen) atoms. The number of rotatable bonds is 9. The summed E-state index contributed by atoms with van der Waals surface area (Å²) >= 11 is 0. The molecular weight excluding hydrogens is 312 g/mol. The first-order valence-electron chi connectivity index (χ1n) is 8.08. The van der Waals surface area contributed by atoms with Crippen LogP contribution in [0.4, 0.5) is 5.69 Å². The molecule has 1 aliphatic heterocycles. The van der Waals surface area contributed by atoms with E-state index in [0.717, 1.165) is 12.1 Å². The molecule has 1 heterocycles. The highest BCUT2D eigenvalue weighted by atomic mass is 16.5. The smallest absolute Gasteiger partial charge is 0.303 e. The number of carboxylic acid groups (broad SMARTS) is 1. The van der Waals surface area contributed by atoms with Crippen molar-refractivity contribution in [2.24, 2.45) is 0 Å². The molecule has 1 aromatic carbocycles. The number of aliphatic carboxylic acids is 1. The Morgan fingerprint density at radius 1 is 1.29 bits per heavy atom. The van der Waals surface area contributed by atoms with Crippen LogP contribution >= 0.6 is 0 Å². The molecule has 0 spiro atoms. The molecule has 0 saturated carbocycles. The van der Waals surface area contributed by atoms with Gasteiger partial charge in [0.1, 0.15) is 5.75 Å². The molecule has 2 amide bonds. The molecule has 1 aromatic rings. The first-order valence-corrected chi connectivity index (χ1v) is 8.08. The topological polar surface area (TPSA) is 95.9 Å². The lowest BCUT2D eigenvalue weighted by Crippen LogP contribution is -2.29. The molecule has 0 aliphatic carbocycles. The number of unbranched alkanes of at least 4 members (excludes halogenated alkanes) is 1. The summed E-state index contributed by atoms with van der Waals surface area (Å²) in [7, 11) is 0. The van der Waals surface area contributed by atoms with Crippen molar-refractivity contribution >= 4 is 23.5 Å². The maximum absolute atomic E-state index is 11.7. The highest BCUT2D eigenvalue weighted by Gasteiger charge is 2.21. The van der Waals surface area contributed by atoms with Crippen molar-refractivity contribution in [2.75, 3.05) is 24.6 Å². The number of hydrogen-bond donors (Lipinski definition) is 2. The second-order valence-electron chi connectivity index (χ2n) is 5.64. The molecule has 1 fully saturated rings. The summed E-state index contributed by atoms with van der Waals surface area (Å²) in [5.74, 6) is -0.450. The summed E-state index contributed by atoms with van der Waals surface area (Å²) in [6, 6.07) is 7.13. The average molecular weight is 334 g/mol. The quantitative estimate of drug-likeness (QED) is 0.668. The Kier molecular flexibility index (Phi) is 6.60. The summed E-state index contributed by atoms with van der Waals surface area (Å²) in [6.07, 6.45) is 2.67. The molecule has 2 rings (SSSR count). The summed E-state index contributed by atoms with van der Waals surface area (Å²) in [5, 5.41) is 11.2. The first kappa shape index (κ1) is 17.8. The van der Waals surface area contributed by atoms with Crippen molar-refractivity contribution in [3.8, 4) is 5.75 Å². The van der Waals surface area contributed by atoms with Crippen molar-refractivity contribution in [3.63, 3.8) is 0 Å². The van der Waals surface area contributed by atoms with Gasteiger partial charge in [0.25, 0.3) is 5.91 Å². The third-order valence-electron chi connectivity index (χ3n) is 3.71. The van der Waals surface area contributed by atoms with E-state index >= 15 is 0 Å². The summed E-state index contributed by atoms with van der Waals surface area (Å²) in [4.78, 5) is 35.5. The van der Waals surface area contributed by atoms with Crippen molar-refractivity contribution in [1.82, 2.24) is 5.32 Å². The van der Waals surface area contributed by atoms with E-state index in [1.54, 1.807) is 23.1 Å². The van der Waals surface area contributed by atoms with Crippen molar-refractivity contribution in [3.05, 3.63) is 24.3 Å². The number of carbonyl (C=O) groups excluding carboxylic acids is 2. The van der Waals surface area contributed by atoms with E-state index in [0.29, 0.717) is 38.1 Å². The number of anilines is 1. The van der Waals surface area contributed by atoms with E-state index in [-0.39, 0.29) is 24.8 Å². The van der Waals surface area contributed by atoms with E-state index < -0.39 is 5.97 Å². The Balaban J connectivity index is 1.72. The third-order valence-corrected chi connectivity index (χ3v) is 3.71. The molecule has 0 bridgehead atoms. The van der Waals surface area contributed by atoms with Crippen LogP contribution in [0.2, 0.25) is 0 Å². The molecular formula is C17H22N2O5. The number of carboxylic acids is 1. The van der Waals surface area contributed by atoms with Gasteiger partial charge < -0.3 is 20.1 Å². The van der Waals surface area contributed by atoms with Gasteiger partial charge in [-0.2, -0.15) is 0 Å². The molecule has 1 aliphatic rings.